The Bertz CT molecular complexity index is 664. The Morgan fingerprint density at radius 2 is 2.00 bits per heavy atom. The quantitative estimate of drug-likeness (QED) is 0.937. The minimum atomic E-state index is -0.880. The van der Waals surface area contributed by atoms with Crippen molar-refractivity contribution in [2.24, 2.45) is 0 Å². The normalized spacial score (nSPS) is 13.1. The number of aromatic carboxylic acids is 1. The zero-order valence-electron chi connectivity index (χ0n) is 11.9. The average molecular weight is 283 g/mol. The molecule has 2 aromatic rings. The van der Waals surface area contributed by atoms with Gasteiger partial charge in [-0.05, 0) is 41.8 Å². The van der Waals surface area contributed by atoms with Crippen LogP contribution in [0.25, 0.3) is 0 Å². The molecule has 0 atom stereocenters. The number of fused-ring (bicyclic) bond motifs is 1. The van der Waals surface area contributed by atoms with Crippen molar-refractivity contribution in [1.82, 2.24) is 0 Å². The standard InChI is InChI=1S/C17H17NO3/c1-21-15-6-2-12(3-7-15)11-18-9-8-13-4-5-14(17(19)20)10-16(13)18/h2-7,10H,8-9,11H2,1H3,(H,19,20). The zero-order valence-corrected chi connectivity index (χ0v) is 11.9. The third kappa shape index (κ3) is 2.70. The van der Waals surface area contributed by atoms with E-state index in [1.165, 1.54) is 11.1 Å². The summed E-state index contributed by atoms with van der Waals surface area (Å²) in [5.41, 5.74) is 3.78. The summed E-state index contributed by atoms with van der Waals surface area (Å²) in [7, 11) is 1.65. The maximum atomic E-state index is 11.1. The van der Waals surface area contributed by atoms with Crippen LogP contribution >= 0.6 is 0 Å². The molecule has 1 heterocycles. The van der Waals surface area contributed by atoms with Gasteiger partial charge < -0.3 is 14.7 Å². The average Bonchev–Trinajstić information content (AvgIpc) is 2.90. The van der Waals surface area contributed by atoms with Crippen LogP contribution in [0.5, 0.6) is 5.75 Å². The summed E-state index contributed by atoms with van der Waals surface area (Å²) in [6.45, 7) is 1.70. The molecule has 1 N–H and O–H groups in total. The van der Waals surface area contributed by atoms with E-state index in [0.717, 1.165) is 30.9 Å². The molecule has 2 aromatic carbocycles. The highest BCUT2D eigenvalue weighted by Crippen LogP contribution is 2.30. The van der Waals surface area contributed by atoms with Crippen LogP contribution in [0.15, 0.2) is 42.5 Å². The molecular weight excluding hydrogens is 266 g/mol. The number of carboxylic acid groups (broad SMARTS) is 1. The number of hydrogen-bond donors (Lipinski definition) is 1. The first-order valence-electron chi connectivity index (χ1n) is 6.91. The molecule has 4 nitrogen and oxygen atoms in total. The summed E-state index contributed by atoms with van der Waals surface area (Å²) in [5, 5.41) is 9.12. The van der Waals surface area contributed by atoms with Crippen molar-refractivity contribution in [1.29, 1.82) is 0 Å². The van der Waals surface area contributed by atoms with Crippen LogP contribution in [0.2, 0.25) is 0 Å². The summed E-state index contributed by atoms with van der Waals surface area (Å²) in [6.07, 6.45) is 0.964. The van der Waals surface area contributed by atoms with Crippen molar-refractivity contribution in [2.45, 2.75) is 13.0 Å². The summed E-state index contributed by atoms with van der Waals surface area (Å²) < 4.78 is 5.16. The number of ether oxygens (including phenoxy) is 1. The van der Waals surface area contributed by atoms with Crippen LogP contribution in [0, 0.1) is 0 Å². The third-order valence-electron chi connectivity index (χ3n) is 3.86. The maximum absolute atomic E-state index is 11.1. The lowest BCUT2D eigenvalue weighted by atomic mass is 10.1. The van der Waals surface area contributed by atoms with E-state index in [4.69, 9.17) is 9.84 Å². The van der Waals surface area contributed by atoms with Gasteiger partial charge in [0, 0.05) is 18.8 Å². The fourth-order valence-electron chi connectivity index (χ4n) is 2.69. The molecule has 4 heteroatoms. The Morgan fingerprint density at radius 1 is 1.24 bits per heavy atom. The fourth-order valence-corrected chi connectivity index (χ4v) is 2.69. The van der Waals surface area contributed by atoms with Gasteiger partial charge in [-0.25, -0.2) is 4.79 Å². The first-order valence-corrected chi connectivity index (χ1v) is 6.91. The van der Waals surface area contributed by atoms with Gasteiger partial charge in [0.25, 0.3) is 0 Å². The minimum absolute atomic E-state index is 0.343. The third-order valence-corrected chi connectivity index (χ3v) is 3.86. The van der Waals surface area contributed by atoms with Crippen molar-refractivity contribution in [2.75, 3.05) is 18.6 Å². The molecule has 1 aliphatic heterocycles. The van der Waals surface area contributed by atoms with Gasteiger partial charge in [0.05, 0.1) is 12.7 Å². The van der Waals surface area contributed by atoms with Crippen molar-refractivity contribution >= 4 is 11.7 Å². The molecule has 108 valence electrons. The lowest BCUT2D eigenvalue weighted by Crippen LogP contribution is -2.19. The van der Waals surface area contributed by atoms with Gasteiger partial charge in [-0.3, -0.25) is 0 Å². The van der Waals surface area contributed by atoms with Crippen LogP contribution < -0.4 is 9.64 Å². The Balaban J connectivity index is 1.82. The lowest BCUT2D eigenvalue weighted by molar-refractivity contribution is 0.0697. The van der Waals surface area contributed by atoms with E-state index in [1.54, 1.807) is 19.2 Å². The number of hydrogen-bond acceptors (Lipinski definition) is 3. The predicted octanol–water partition coefficient (Wildman–Crippen LogP) is 2.96. The van der Waals surface area contributed by atoms with Crippen molar-refractivity contribution in [3.8, 4) is 5.75 Å². The summed E-state index contributed by atoms with van der Waals surface area (Å²) in [4.78, 5) is 13.3. The molecule has 0 aliphatic carbocycles. The second kappa shape index (κ2) is 5.48. The summed E-state index contributed by atoms with van der Waals surface area (Å²) in [6, 6.07) is 13.3. The van der Waals surface area contributed by atoms with Gasteiger partial charge in [-0.2, -0.15) is 0 Å². The van der Waals surface area contributed by atoms with Crippen LogP contribution in [0.3, 0.4) is 0 Å². The highest BCUT2D eigenvalue weighted by Gasteiger charge is 2.20. The number of methoxy groups -OCH3 is 1. The van der Waals surface area contributed by atoms with E-state index in [-0.39, 0.29) is 0 Å². The van der Waals surface area contributed by atoms with Crippen molar-refractivity contribution in [3.63, 3.8) is 0 Å². The highest BCUT2D eigenvalue weighted by atomic mass is 16.5. The lowest BCUT2D eigenvalue weighted by Gasteiger charge is -2.20. The Kier molecular flexibility index (Phi) is 3.52. The van der Waals surface area contributed by atoms with E-state index in [9.17, 15) is 4.79 Å². The van der Waals surface area contributed by atoms with Crippen molar-refractivity contribution < 1.29 is 14.6 Å². The number of rotatable bonds is 4. The fraction of sp³-hybridized carbons (Fsp3) is 0.235. The summed E-state index contributed by atoms with van der Waals surface area (Å²) in [5.74, 6) is -0.0390. The molecule has 21 heavy (non-hydrogen) atoms. The second-order valence-electron chi connectivity index (χ2n) is 5.17. The van der Waals surface area contributed by atoms with E-state index < -0.39 is 5.97 Å². The van der Waals surface area contributed by atoms with E-state index >= 15 is 0 Å². The minimum Gasteiger partial charge on any atom is -0.497 e. The highest BCUT2D eigenvalue weighted by molar-refractivity contribution is 5.89. The first-order chi connectivity index (χ1) is 10.2. The number of carbonyl (C=O) groups is 1. The smallest absolute Gasteiger partial charge is 0.335 e. The van der Waals surface area contributed by atoms with Gasteiger partial charge in [0.2, 0.25) is 0 Å². The molecule has 0 saturated heterocycles. The molecule has 1 aliphatic rings. The topological polar surface area (TPSA) is 49.8 Å². The van der Waals surface area contributed by atoms with E-state index in [1.807, 2.05) is 30.3 Å². The van der Waals surface area contributed by atoms with Gasteiger partial charge in [-0.1, -0.05) is 18.2 Å². The van der Waals surface area contributed by atoms with Gasteiger partial charge >= 0.3 is 5.97 Å². The van der Waals surface area contributed by atoms with Gasteiger partial charge in [-0.15, -0.1) is 0 Å². The Morgan fingerprint density at radius 3 is 2.67 bits per heavy atom. The molecule has 0 spiro atoms. The molecule has 0 amide bonds. The zero-order chi connectivity index (χ0) is 14.8. The summed E-state index contributed by atoms with van der Waals surface area (Å²) >= 11 is 0. The van der Waals surface area contributed by atoms with Gasteiger partial charge in [0.1, 0.15) is 5.75 Å². The number of anilines is 1. The molecule has 0 unspecified atom stereocenters. The van der Waals surface area contributed by atoms with Crippen LogP contribution in [0.4, 0.5) is 5.69 Å². The first kappa shape index (κ1) is 13.5. The number of carboxylic acids is 1. The van der Waals surface area contributed by atoms with Crippen LogP contribution in [0.1, 0.15) is 21.5 Å². The van der Waals surface area contributed by atoms with Crippen LogP contribution in [-0.2, 0) is 13.0 Å². The SMILES string of the molecule is COc1ccc(CN2CCc3ccc(C(=O)O)cc32)cc1. The van der Waals surface area contributed by atoms with Gasteiger partial charge in [0.15, 0.2) is 0 Å². The molecule has 0 aromatic heterocycles. The molecule has 0 saturated carbocycles. The van der Waals surface area contributed by atoms with Crippen LogP contribution in [-0.4, -0.2) is 24.7 Å². The maximum Gasteiger partial charge on any atom is 0.335 e. The molecule has 0 radical (unpaired) electrons. The molecule has 3 rings (SSSR count). The Labute approximate surface area is 123 Å². The number of benzene rings is 2. The monoisotopic (exact) mass is 283 g/mol. The van der Waals surface area contributed by atoms with E-state index in [0.29, 0.717) is 5.56 Å². The second-order valence-corrected chi connectivity index (χ2v) is 5.17. The molecule has 0 bridgehead atoms. The van der Waals surface area contributed by atoms with Crippen molar-refractivity contribution in [3.05, 3.63) is 59.2 Å². The Hall–Kier alpha value is -2.49. The van der Waals surface area contributed by atoms with E-state index in [2.05, 4.69) is 4.90 Å². The molecule has 0 fully saturated rings. The molecular formula is C17H17NO3. The predicted molar refractivity (Wildman–Crippen MR) is 81.1 cm³/mol. The number of nitrogens with zero attached hydrogens (tertiary/aromatic N) is 1. The largest absolute Gasteiger partial charge is 0.497 e.